The Balaban J connectivity index is 1.19. The van der Waals surface area contributed by atoms with Crippen molar-refractivity contribution in [3.8, 4) is 0 Å². The number of unbranched alkanes of at least 4 members (excludes halogenated alkanes) is 8. The molecule has 0 saturated heterocycles. The van der Waals surface area contributed by atoms with Gasteiger partial charge in [-0.3, -0.25) is 19.4 Å². The number of Topliss-reactive ketones (excluding diaryl/α,β-unsaturated/α-hetero) is 1. The second-order valence-corrected chi connectivity index (χ2v) is 18.9. The van der Waals surface area contributed by atoms with Crippen LogP contribution in [0.25, 0.3) is 32.7 Å². The Bertz CT molecular complexity index is 2580. The molecule has 0 fully saturated rings. The number of esters is 2. The third kappa shape index (κ3) is 12.3. The second-order valence-electron chi connectivity index (χ2n) is 18.9. The largest absolute Gasteiger partial charge is 0.506 e. The highest BCUT2D eigenvalue weighted by Crippen LogP contribution is 2.45. The molecule has 2 atom stereocenters. The Kier molecular flexibility index (Phi) is 18.3. The van der Waals surface area contributed by atoms with E-state index < -0.39 is 23.9 Å². The van der Waals surface area contributed by atoms with Crippen LogP contribution in [0.1, 0.15) is 137 Å². The molecule has 14 heteroatoms. The van der Waals surface area contributed by atoms with Crippen molar-refractivity contribution >= 4 is 67.5 Å². The number of ether oxygens (including phenoxy) is 6. The van der Waals surface area contributed by atoms with Crippen LogP contribution >= 0.6 is 0 Å². The molecule has 0 bridgehead atoms. The molecule has 4 aromatic rings. The van der Waals surface area contributed by atoms with Crippen LogP contribution in [-0.4, -0.2) is 86.4 Å². The van der Waals surface area contributed by atoms with Gasteiger partial charge >= 0.3 is 11.9 Å². The average molecular weight is 963 g/mol. The van der Waals surface area contributed by atoms with E-state index in [9.17, 15) is 19.5 Å². The zero-order chi connectivity index (χ0) is 49.7. The summed E-state index contributed by atoms with van der Waals surface area (Å²) in [5, 5.41) is 27.0. The molecule has 2 unspecified atom stereocenters. The molecule has 0 radical (unpaired) electrons. The molecule has 2 aliphatic heterocycles. The van der Waals surface area contributed by atoms with Crippen molar-refractivity contribution in [3.05, 3.63) is 82.6 Å². The fourth-order valence-corrected chi connectivity index (χ4v) is 9.36. The van der Waals surface area contributed by atoms with E-state index in [2.05, 4.69) is 43.6 Å². The fraction of sp³-hybridized carbons (Fsp3) is 0.536. The number of hydrogen-bond acceptors (Lipinski definition) is 14. The molecule has 4 N–H and O–H groups in total. The quantitative estimate of drug-likeness (QED) is 0.0230. The molecule has 0 saturated carbocycles. The van der Waals surface area contributed by atoms with Crippen molar-refractivity contribution in [3.63, 3.8) is 0 Å². The van der Waals surface area contributed by atoms with Gasteiger partial charge in [-0.15, -0.1) is 0 Å². The van der Waals surface area contributed by atoms with Crippen LogP contribution in [0.2, 0.25) is 0 Å². The number of aliphatic hydroxyl groups is 1. The van der Waals surface area contributed by atoms with E-state index >= 15 is 0 Å². The Morgan fingerprint density at radius 1 is 0.586 bits per heavy atom. The third-order valence-corrected chi connectivity index (χ3v) is 13.2. The monoisotopic (exact) mass is 963 g/mol. The molecule has 378 valence electrons. The van der Waals surface area contributed by atoms with Crippen molar-refractivity contribution in [1.82, 2.24) is 0 Å². The van der Waals surface area contributed by atoms with E-state index in [0.717, 1.165) is 104 Å². The summed E-state index contributed by atoms with van der Waals surface area (Å²) < 4.78 is 36.2. The first-order valence-electron chi connectivity index (χ1n) is 25.8. The van der Waals surface area contributed by atoms with E-state index in [1.807, 2.05) is 74.5 Å². The van der Waals surface area contributed by atoms with Gasteiger partial charge in [0.2, 0.25) is 5.78 Å². The minimum Gasteiger partial charge on any atom is -0.506 e. The van der Waals surface area contributed by atoms with Crippen molar-refractivity contribution in [2.24, 2.45) is 4.99 Å². The normalized spacial score (nSPS) is 18.3. The summed E-state index contributed by atoms with van der Waals surface area (Å²) in [6.45, 7) is 13.6. The van der Waals surface area contributed by atoms with Gasteiger partial charge in [-0.25, -0.2) is 0 Å². The Morgan fingerprint density at radius 2 is 1.11 bits per heavy atom. The predicted octanol–water partition coefficient (Wildman–Crippen LogP) is 10.4. The standard InChI is InChI=1S/C56H74N4O10/c1-7-11-15-25-47(61)69-35-56(36-70-48(62)26-16-12-8-2)58-44-24-20-22-40-42(28-30-46(60-56)50(40)44)52-53(63)51(54(52)64)41-27-29-45-49-39(41)21-19-23-43(49)57-55(59-45,33-67-37(5)65-31-17-13-9-3)34-68-38(6)66-32-18-14-10-4/h19-24,27-30,37-38,57-58,60,63H,7-18,25-26,31-36H2,1-6H3. The van der Waals surface area contributed by atoms with Crippen LogP contribution in [0, 0.1) is 0 Å². The molecular weight excluding hydrogens is 889 g/mol. The lowest BCUT2D eigenvalue weighted by Crippen LogP contribution is -2.56. The zero-order valence-corrected chi connectivity index (χ0v) is 42.1. The summed E-state index contributed by atoms with van der Waals surface area (Å²) in [7, 11) is 0. The second kappa shape index (κ2) is 24.5. The van der Waals surface area contributed by atoms with Crippen LogP contribution in [0.5, 0.6) is 0 Å². The lowest BCUT2D eigenvalue weighted by molar-refractivity contribution is -0.165. The van der Waals surface area contributed by atoms with Crippen LogP contribution in [0.4, 0.5) is 17.1 Å². The van der Waals surface area contributed by atoms with Gasteiger partial charge in [0.15, 0.2) is 23.9 Å². The van der Waals surface area contributed by atoms with E-state index in [-0.39, 0.29) is 61.1 Å². The number of nitrogens with one attached hydrogen (secondary N) is 3. The number of hydrogen-bond donors (Lipinski definition) is 4. The maximum Gasteiger partial charge on any atom is 0.305 e. The smallest absolute Gasteiger partial charge is 0.305 e. The molecule has 2 heterocycles. The SMILES string of the molecule is CCCCCOC(C)OCC1(COC(C)OCCCCC)N=c2ccc(=C3C(=O)C(c4ccc5c6c(cccc46)NC(COC(=O)CCCCC)(COC(=O)CCCCC)N5)=C3O)c3cccc(c23)N1. The van der Waals surface area contributed by atoms with E-state index in [4.69, 9.17) is 33.4 Å². The van der Waals surface area contributed by atoms with Gasteiger partial charge in [-0.05, 0) is 85.4 Å². The summed E-state index contributed by atoms with van der Waals surface area (Å²) in [5.74, 6) is -1.03. The van der Waals surface area contributed by atoms with Gasteiger partial charge in [0, 0.05) is 53.9 Å². The van der Waals surface area contributed by atoms with Gasteiger partial charge in [0.25, 0.3) is 0 Å². The molecule has 4 aromatic carbocycles. The summed E-state index contributed by atoms with van der Waals surface area (Å²) in [6.07, 6.45) is 11.2. The van der Waals surface area contributed by atoms with Gasteiger partial charge in [0.05, 0.1) is 29.7 Å². The zero-order valence-electron chi connectivity index (χ0n) is 42.1. The first kappa shape index (κ1) is 52.3. The van der Waals surface area contributed by atoms with Gasteiger partial charge < -0.3 is 49.5 Å². The summed E-state index contributed by atoms with van der Waals surface area (Å²) in [4.78, 5) is 45.4. The number of ketones is 1. The summed E-state index contributed by atoms with van der Waals surface area (Å²) in [5.41, 5.74) is 1.02. The van der Waals surface area contributed by atoms with Crippen molar-refractivity contribution in [1.29, 1.82) is 0 Å². The van der Waals surface area contributed by atoms with E-state index in [1.165, 1.54) is 0 Å². The van der Waals surface area contributed by atoms with Crippen LogP contribution < -0.4 is 26.5 Å². The van der Waals surface area contributed by atoms with Gasteiger partial charge in [0.1, 0.15) is 19.0 Å². The molecule has 0 amide bonds. The maximum atomic E-state index is 14.5. The molecular formula is C56H74N4O10. The Morgan fingerprint density at radius 3 is 1.67 bits per heavy atom. The predicted molar refractivity (Wildman–Crippen MR) is 275 cm³/mol. The molecule has 14 nitrogen and oxygen atoms in total. The lowest BCUT2D eigenvalue weighted by Gasteiger charge is -2.40. The number of aliphatic hydroxyl groups excluding tert-OH is 1. The average Bonchev–Trinajstić information content (AvgIpc) is 3.36. The van der Waals surface area contributed by atoms with E-state index in [1.54, 1.807) is 0 Å². The molecule has 0 aromatic heterocycles. The van der Waals surface area contributed by atoms with Crippen LogP contribution in [0.3, 0.4) is 0 Å². The van der Waals surface area contributed by atoms with Gasteiger partial charge in [-0.2, -0.15) is 0 Å². The van der Waals surface area contributed by atoms with Gasteiger partial charge in [-0.1, -0.05) is 115 Å². The minimum absolute atomic E-state index is 0.0962. The van der Waals surface area contributed by atoms with Crippen LogP contribution in [0.15, 0.2) is 71.4 Å². The number of rotatable bonds is 29. The molecule has 1 aliphatic carbocycles. The van der Waals surface area contributed by atoms with Crippen molar-refractivity contribution in [2.75, 3.05) is 55.6 Å². The summed E-state index contributed by atoms with van der Waals surface area (Å²) in [6, 6.07) is 18.9. The third-order valence-electron chi connectivity index (χ3n) is 13.2. The highest BCUT2D eigenvalue weighted by Gasteiger charge is 2.41. The number of carbonyl (C=O) groups is 3. The minimum atomic E-state index is -1.16. The van der Waals surface area contributed by atoms with Crippen molar-refractivity contribution in [2.45, 2.75) is 155 Å². The van der Waals surface area contributed by atoms with E-state index in [0.29, 0.717) is 53.6 Å². The lowest BCUT2D eigenvalue weighted by atomic mass is 9.79. The molecule has 70 heavy (non-hydrogen) atoms. The molecule has 3 aliphatic rings. The maximum absolute atomic E-state index is 14.5. The topological polar surface area (TPSA) is 175 Å². The fourth-order valence-electron chi connectivity index (χ4n) is 9.36. The Hall–Kier alpha value is -5.54. The molecule has 7 rings (SSSR count). The number of nitrogens with zero attached hydrogens (tertiary/aromatic N) is 1. The number of carbonyl (C=O) groups excluding carboxylic acids is 3. The Labute approximate surface area is 412 Å². The van der Waals surface area contributed by atoms with Crippen molar-refractivity contribution < 1.29 is 47.9 Å². The number of benzene rings is 4. The number of anilines is 3. The number of allylic oxidation sites excluding steroid dienone is 2. The highest BCUT2D eigenvalue weighted by molar-refractivity contribution is 6.53. The first-order chi connectivity index (χ1) is 34.0. The summed E-state index contributed by atoms with van der Waals surface area (Å²) >= 11 is 0. The highest BCUT2D eigenvalue weighted by atomic mass is 16.7. The molecule has 0 spiro atoms. The first-order valence-corrected chi connectivity index (χ1v) is 25.8. The van der Waals surface area contributed by atoms with Crippen LogP contribution in [-0.2, 0) is 42.8 Å².